The van der Waals surface area contributed by atoms with E-state index in [1.54, 1.807) is 18.7 Å². The summed E-state index contributed by atoms with van der Waals surface area (Å²) in [6.07, 6.45) is 2.15. The SMILES string of the molecule is CCN(CC)C(=O)C(C)NC(=O)c1cc(C2CC2)nc2onc(C)c12. The Morgan fingerprint density at radius 2 is 2.04 bits per heavy atom. The number of nitrogens with zero attached hydrogens (tertiary/aromatic N) is 3. The predicted molar refractivity (Wildman–Crippen MR) is 93.4 cm³/mol. The molecule has 1 aliphatic rings. The minimum atomic E-state index is -0.597. The van der Waals surface area contributed by atoms with Crippen molar-refractivity contribution >= 4 is 22.9 Å². The van der Waals surface area contributed by atoms with Crippen LogP contribution in [0, 0.1) is 6.92 Å². The monoisotopic (exact) mass is 344 g/mol. The first-order valence-electron chi connectivity index (χ1n) is 8.82. The lowest BCUT2D eigenvalue weighted by molar-refractivity contribution is -0.132. The Bertz CT molecular complexity index is 806. The third-order valence-corrected chi connectivity index (χ3v) is 4.67. The average Bonchev–Trinajstić information content (AvgIpc) is 3.39. The van der Waals surface area contributed by atoms with E-state index in [0.29, 0.717) is 41.4 Å². The van der Waals surface area contributed by atoms with Crippen LogP contribution in [0.15, 0.2) is 10.6 Å². The van der Waals surface area contributed by atoms with Crippen LogP contribution in [0.5, 0.6) is 0 Å². The van der Waals surface area contributed by atoms with E-state index in [2.05, 4.69) is 15.5 Å². The highest BCUT2D eigenvalue weighted by Crippen LogP contribution is 2.40. The molecule has 0 radical (unpaired) electrons. The molecule has 2 amide bonds. The fraction of sp³-hybridized carbons (Fsp3) is 0.556. The summed E-state index contributed by atoms with van der Waals surface area (Å²) in [5.74, 6) is -0.00204. The zero-order valence-electron chi connectivity index (χ0n) is 15.1. The van der Waals surface area contributed by atoms with Gasteiger partial charge in [0, 0.05) is 24.7 Å². The first-order valence-corrected chi connectivity index (χ1v) is 8.82. The van der Waals surface area contributed by atoms with Gasteiger partial charge in [0.25, 0.3) is 11.6 Å². The van der Waals surface area contributed by atoms with Crippen LogP contribution >= 0.6 is 0 Å². The van der Waals surface area contributed by atoms with E-state index in [4.69, 9.17) is 4.52 Å². The zero-order valence-corrected chi connectivity index (χ0v) is 15.1. The highest BCUT2D eigenvalue weighted by atomic mass is 16.5. The van der Waals surface area contributed by atoms with Crippen LogP contribution in [0.2, 0.25) is 0 Å². The summed E-state index contributed by atoms with van der Waals surface area (Å²) in [5, 5.41) is 7.36. The van der Waals surface area contributed by atoms with Gasteiger partial charge in [-0.25, -0.2) is 4.98 Å². The lowest BCUT2D eigenvalue weighted by Gasteiger charge is -2.23. The van der Waals surface area contributed by atoms with Crippen LogP contribution in [0.1, 0.15) is 61.3 Å². The maximum absolute atomic E-state index is 12.8. The van der Waals surface area contributed by atoms with Crippen LogP contribution in [0.25, 0.3) is 11.1 Å². The van der Waals surface area contributed by atoms with Crippen molar-refractivity contribution in [3.8, 4) is 0 Å². The van der Waals surface area contributed by atoms with E-state index in [-0.39, 0.29) is 11.8 Å². The third kappa shape index (κ3) is 3.36. The molecular weight excluding hydrogens is 320 g/mol. The summed E-state index contributed by atoms with van der Waals surface area (Å²) in [4.78, 5) is 31.4. The van der Waals surface area contributed by atoms with Crippen molar-refractivity contribution in [3.05, 3.63) is 23.0 Å². The van der Waals surface area contributed by atoms with Gasteiger partial charge >= 0.3 is 0 Å². The van der Waals surface area contributed by atoms with Gasteiger partial charge in [0.1, 0.15) is 6.04 Å². The van der Waals surface area contributed by atoms with Crippen molar-refractivity contribution in [2.24, 2.45) is 0 Å². The minimum Gasteiger partial charge on any atom is -0.341 e. The molecule has 1 atom stereocenters. The second-order valence-electron chi connectivity index (χ2n) is 6.52. The molecule has 25 heavy (non-hydrogen) atoms. The quantitative estimate of drug-likeness (QED) is 0.869. The summed E-state index contributed by atoms with van der Waals surface area (Å²) >= 11 is 0. The fourth-order valence-corrected chi connectivity index (χ4v) is 3.03. The molecule has 0 spiro atoms. The van der Waals surface area contributed by atoms with Crippen molar-refractivity contribution in [2.45, 2.75) is 52.5 Å². The Labute approximate surface area is 146 Å². The molecule has 7 nitrogen and oxygen atoms in total. The average molecular weight is 344 g/mol. The molecule has 2 aromatic rings. The van der Waals surface area contributed by atoms with Gasteiger partial charge in [-0.1, -0.05) is 5.16 Å². The number of hydrogen-bond donors (Lipinski definition) is 1. The van der Waals surface area contributed by atoms with E-state index in [9.17, 15) is 9.59 Å². The van der Waals surface area contributed by atoms with Crippen molar-refractivity contribution in [3.63, 3.8) is 0 Å². The molecule has 3 rings (SSSR count). The number of aromatic nitrogens is 2. The van der Waals surface area contributed by atoms with Crippen LogP contribution in [0.4, 0.5) is 0 Å². The molecule has 1 unspecified atom stereocenters. The summed E-state index contributed by atoms with van der Waals surface area (Å²) in [6.45, 7) is 8.57. The van der Waals surface area contributed by atoms with E-state index in [1.165, 1.54) is 0 Å². The van der Waals surface area contributed by atoms with E-state index < -0.39 is 6.04 Å². The van der Waals surface area contributed by atoms with Gasteiger partial charge in [-0.2, -0.15) is 0 Å². The molecule has 1 aliphatic carbocycles. The van der Waals surface area contributed by atoms with E-state index >= 15 is 0 Å². The number of rotatable bonds is 6. The number of carbonyl (C=O) groups excluding carboxylic acids is 2. The number of likely N-dealkylation sites (N-methyl/N-ethyl adjacent to an activating group) is 1. The van der Waals surface area contributed by atoms with Crippen LogP contribution < -0.4 is 5.32 Å². The molecule has 7 heteroatoms. The fourth-order valence-electron chi connectivity index (χ4n) is 3.03. The maximum Gasteiger partial charge on any atom is 0.259 e. The maximum atomic E-state index is 12.8. The number of pyridine rings is 1. The number of carbonyl (C=O) groups is 2. The molecule has 134 valence electrons. The summed E-state index contributed by atoms with van der Waals surface area (Å²) < 4.78 is 5.27. The molecule has 2 aromatic heterocycles. The van der Waals surface area contributed by atoms with E-state index in [1.807, 2.05) is 19.9 Å². The second kappa shape index (κ2) is 6.82. The number of aryl methyl sites for hydroxylation is 1. The van der Waals surface area contributed by atoms with Gasteiger partial charge in [-0.15, -0.1) is 0 Å². The zero-order chi connectivity index (χ0) is 18.1. The highest BCUT2D eigenvalue weighted by Gasteiger charge is 2.29. The lowest BCUT2D eigenvalue weighted by atomic mass is 10.1. The summed E-state index contributed by atoms with van der Waals surface area (Å²) in [5.41, 5.74) is 2.34. The topological polar surface area (TPSA) is 88.3 Å². The molecule has 0 aromatic carbocycles. The first-order chi connectivity index (χ1) is 12.0. The molecule has 0 bridgehead atoms. The Hall–Kier alpha value is -2.44. The lowest BCUT2D eigenvalue weighted by Crippen LogP contribution is -2.46. The Balaban J connectivity index is 1.88. The van der Waals surface area contributed by atoms with Crippen LogP contribution in [0.3, 0.4) is 0 Å². The smallest absolute Gasteiger partial charge is 0.259 e. The van der Waals surface area contributed by atoms with Crippen LogP contribution in [-0.4, -0.2) is 46.0 Å². The van der Waals surface area contributed by atoms with Gasteiger partial charge in [0.2, 0.25) is 5.91 Å². The second-order valence-corrected chi connectivity index (χ2v) is 6.52. The predicted octanol–water partition coefficient (Wildman–Crippen LogP) is 2.40. The standard InChI is InChI=1S/C18H24N4O3/c1-5-22(6-2)18(24)11(4)19-16(23)13-9-14(12-7-8-12)20-17-15(13)10(3)21-25-17/h9,11-12H,5-8H2,1-4H3,(H,19,23). The third-order valence-electron chi connectivity index (χ3n) is 4.67. The Morgan fingerprint density at radius 3 is 2.64 bits per heavy atom. The van der Waals surface area contributed by atoms with Crippen LogP contribution in [-0.2, 0) is 4.79 Å². The van der Waals surface area contributed by atoms with Gasteiger partial charge in [-0.3, -0.25) is 9.59 Å². The minimum absolute atomic E-state index is 0.0897. The van der Waals surface area contributed by atoms with Crippen molar-refractivity contribution < 1.29 is 14.1 Å². The largest absolute Gasteiger partial charge is 0.341 e. The van der Waals surface area contributed by atoms with Gasteiger partial charge < -0.3 is 14.7 Å². The Morgan fingerprint density at radius 1 is 1.36 bits per heavy atom. The number of amides is 2. The van der Waals surface area contributed by atoms with Gasteiger partial charge in [0.05, 0.1) is 16.6 Å². The molecular formula is C18H24N4O3. The van der Waals surface area contributed by atoms with Gasteiger partial charge in [0.15, 0.2) is 0 Å². The molecule has 0 aliphatic heterocycles. The number of hydrogen-bond acceptors (Lipinski definition) is 5. The van der Waals surface area contributed by atoms with Gasteiger partial charge in [-0.05, 0) is 46.6 Å². The van der Waals surface area contributed by atoms with Crippen molar-refractivity contribution in [1.29, 1.82) is 0 Å². The normalized spacial score (nSPS) is 15.2. The highest BCUT2D eigenvalue weighted by molar-refractivity contribution is 6.07. The first kappa shape index (κ1) is 17.4. The van der Waals surface area contributed by atoms with Crippen molar-refractivity contribution in [2.75, 3.05) is 13.1 Å². The molecule has 1 fully saturated rings. The Kier molecular flexibility index (Phi) is 4.74. The number of fused-ring (bicyclic) bond motifs is 1. The van der Waals surface area contributed by atoms with Crippen molar-refractivity contribution in [1.82, 2.24) is 20.4 Å². The van der Waals surface area contributed by atoms with E-state index in [0.717, 1.165) is 18.5 Å². The summed E-state index contributed by atoms with van der Waals surface area (Å²) in [6, 6.07) is 1.22. The molecule has 0 saturated heterocycles. The summed E-state index contributed by atoms with van der Waals surface area (Å²) in [7, 11) is 0. The molecule has 1 saturated carbocycles. The number of nitrogens with one attached hydrogen (secondary N) is 1. The molecule has 2 heterocycles. The molecule has 1 N–H and O–H groups in total.